The van der Waals surface area contributed by atoms with Crippen LogP contribution in [-0.4, -0.2) is 12.6 Å². The third-order valence-corrected chi connectivity index (χ3v) is 2.00. The number of hydrogen-bond donors (Lipinski definition) is 0. The van der Waals surface area contributed by atoms with Gasteiger partial charge in [0.2, 0.25) is 0 Å². The van der Waals surface area contributed by atoms with Crippen LogP contribution in [0.1, 0.15) is 26.7 Å². The molecular formula is C11H18O2. The average Bonchev–Trinajstić information content (AvgIpc) is 2.17. The summed E-state index contributed by atoms with van der Waals surface area (Å²) in [7, 11) is 0. The predicted molar refractivity (Wildman–Crippen MR) is 54.4 cm³/mol. The van der Waals surface area contributed by atoms with Gasteiger partial charge < -0.3 is 4.74 Å². The summed E-state index contributed by atoms with van der Waals surface area (Å²) in [6, 6.07) is 0. The minimum atomic E-state index is -0.289. The van der Waals surface area contributed by atoms with E-state index in [1.807, 2.05) is 19.9 Å². The third kappa shape index (κ3) is 4.51. The van der Waals surface area contributed by atoms with Gasteiger partial charge in [-0.05, 0) is 12.8 Å². The second-order valence-corrected chi connectivity index (χ2v) is 2.96. The van der Waals surface area contributed by atoms with Crippen molar-refractivity contribution >= 4 is 5.97 Å². The summed E-state index contributed by atoms with van der Waals surface area (Å²) in [5, 5.41) is 0. The first-order valence-corrected chi connectivity index (χ1v) is 4.63. The van der Waals surface area contributed by atoms with E-state index in [0.29, 0.717) is 18.6 Å². The fourth-order valence-corrected chi connectivity index (χ4v) is 0.782. The van der Waals surface area contributed by atoms with E-state index in [0.717, 1.165) is 6.42 Å². The molecule has 0 saturated carbocycles. The highest BCUT2D eigenvalue weighted by molar-refractivity contribution is 5.87. The molecule has 74 valence electrons. The number of hydrogen-bond acceptors (Lipinski definition) is 2. The molecule has 1 atom stereocenters. The molecule has 1 unspecified atom stereocenters. The molecule has 0 saturated heterocycles. The van der Waals surface area contributed by atoms with Crippen molar-refractivity contribution in [3.05, 3.63) is 24.8 Å². The van der Waals surface area contributed by atoms with E-state index in [-0.39, 0.29) is 11.9 Å². The van der Waals surface area contributed by atoms with E-state index in [1.54, 1.807) is 0 Å². The van der Waals surface area contributed by atoms with Crippen LogP contribution in [0.5, 0.6) is 0 Å². The van der Waals surface area contributed by atoms with Crippen molar-refractivity contribution in [2.45, 2.75) is 26.7 Å². The molecule has 2 nitrogen and oxygen atoms in total. The zero-order valence-corrected chi connectivity index (χ0v) is 8.51. The average molecular weight is 182 g/mol. The highest BCUT2D eigenvalue weighted by Crippen LogP contribution is 2.06. The summed E-state index contributed by atoms with van der Waals surface area (Å²) in [5.74, 6) is -0.0311. The highest BCUT2D eigenvalue weighted by Gasteiger charge is 2.08. The van der Waals surface area contributed by atoms with E-state index in [2.05, 4.69) is 13.2 Å². The quantitative estimate of drug-likeness (QED) is 0.358. The maximum absolute atomic E-state index is 11.2. The molecule has 13 heavy (non-hydrogen) atoms. The minimum absolute atomic E-state index is 0.258. The third-order valence-electron chi connectivity index (χ3n) is 2.00. The molecule has 0 aromatic rings. The van der Waals surface area contributed by atoms with Crippen molar-refractivity contribution in [3.63, 3.8) is 0 Å². The van der Waals surface area contributed by atoms with Gasteiger partial charge in [0, 0.05) is 11.5 Å². The number of rotatable bonds is 6. The molecule has 0 aromatic carbocycles. The molecule has 0 spiro atoms. The Kier molecular flexibility index (Phi) is 5.94. The Morgan fingerprint density at radius 2 is 2.15 bits per heavy atom. The molecular weight excluding hydrogens is 164 g/mol. The highest BCUT2D eigenvalue weighted by atomic mass is 16.5. The Bertz CT molecular complexity index is 194. The van der Waals surface area contributed by atoms with Crippen LogP contribution in [0, 0.1) is 5.92 Å². The lowest BCUT2D eigenvalue weighted by atomic mass is 10.1. The largest absolute Gasteiger partial charge is 0.462 e. The minimum Gasteiger partial charge on any atom is -0.462 e. The number of ether oxygens (including phenoxy) is 1. The second kappa shape index (κ2) is 6.46. The van der Waals surface area contributed by atoms with Gasteiger partial charge in [-0.1, -0.05) is 26.5 Å². The lowest BCUT2D eigenvalue weighted by molar-refractivity contribution is -0.140. The Morgan fingerprint density at radius 1 is 1.54 bits per heavy atom. The fourth-order valence-electron chi connectivity index (χ4n) is 0.782. The van der Waals surface area contributed by atoms with Crippen LogP contribution in [0.4, 0.5) is 0 Å². The number of carbonyl (C=O) groups is 1. The van der Waals surface area contributed by atoms with Crippen molar-refractivity contribution < 1.29 is 9.53 Å². The Morgan fingerprint density at radius 3 is 2.54 bits per heavy atom. The first-order chi connectivity index (χ1) is 6.15. The molecule has 0 radical (unpaired) electrons. The van der Waals surface area contributed by atoms with Crippen LogP contribution >= 0.6 is 0 Å². The van der Waals surface area contributed by atoms with Crippen LogP contribution in [0.25, 0.3) is 0 Å². The van der Waals surface area contributed by atoms with E-state index in [4.69, 9.17) is 4.74 Å². The fraction of sp³-hybridized carbons (Fsp3) is 0.545. The zero-order chi connectivity index (χ0) is 10.3. The molecule has 0 amide bonds. The molecule has 0 heterocycles. The van der Waals surface area contributed by atoms with Crippen molar-refractivity contribution in [2.24, 2.45) is 5.92 Å². The molecule has 0 bridgehead atoms. The monoisotopic (exact) mass is 182 g/mol. The first-order valence-electron chi connectivity index (χ1n) is 4.63. The van der Waals surface area contributed by atoms with Gasteiger partial charge in [-0.15, -0.1) is 6.58 Å². The van der Waals surface area contributed by atoms with E-state index < -0.39 is 0 Å². The molecule has 0 aromatic heterocycles. The van der Waals surface area contributed by atoms with Gasteiger partial charge in [-0.2, -0.15) is 0 Å². The summed E-state index contributed by atoms with van der Waals surface area (Å²) in [6.45, 7) is 11.6. The maximum Gasteiger partial charge on any atom is 0.333 e. The van der Waals surface area contributed by atoms with E-state index in [1.165, 1.54) is 0 Å². The Hall–Kier alpha value is -1.05. The van der Waals surface area contributed by atoms with E-state index in [9.17, 15) is 4.79 Å². The van der Waals surface area contributed by atoms with Crippen molar-refractivity contribution in [1.82, 2.24) is 0 Å². The molecule has 0 rings (SSSR count). The Balaban J connectivity index is 3.81. The van der Waals surface area contributed by atoms with Gasteiger partial charge >= 0.3 is 5.97 Å². The van der Waals surface area contributed by atoms with Crippen LogP contribution in [0.2, 0.25) is 0 Å². The molecule has 0 fully saturated rings. The zero-order valence-electron chi connectivity index (χ0n) is 8.51. The molecule has 0 aliphatic heterocycles. The topological polar surface area (TPSA) is 26.3 Å². The van der Waals surface area contributed by atoms with Gasteiger partial charge in [-0.25, -0.2) is 4.79 Å². The summed E-state index contributed by atoms with van der Waals surface area (Å²) in [5.41, 5.74) is 0.527. The van der Waals surface area contributed by atoms with Gasteiger partial charge in [0.15, 0.2) is 0 Å². The van der Waals surface area contributed by atoms with E-state index >= 15 is 0 Å². The summed E-state index contributed by atoms with van der Waals surface area (Å²) in [6.07, 6.45) is 3.39. The first kappa shape index (κ1) is 11.9. The molecule has 0 aliphatic rings. The smallest absolute Gasteiger partial charge is 0.333 e. The summed E-state index contributed by atoms with van der Waals surface area (Å²) in [4.78, 5) is 11.2. The normalized spacial score (nSPS) is 11.8. The number of carbonyl (C=O) groups excluding carboxylic acids is 1. The van der Waals surface area contributed by atoms with Crippen LogP contribution in [0.3, 0.4) is 0 Å². The molecule has 2 heteroatoms. The van der Waals surface area contributed by atoms with Gasteiger partial charge in [-0.3, -0.25) is 0 Å². The summed E-state index contributed by atoms with van der Waals surface area (Å²) >= 11 is 0. The van der Waals surface area contributed by atoms with Gasteiger partial charge in [0.05, 0.1) is 6.61 Å². The lowest BCUT2D eigenvalue weighted by Crippen LogP contribution is -2.13. The van der Waals surface area contributed by atoms with Gasteiger partial charge in [0.1, 0.15) is 0 Å². The van der Waals surface area contributed by atoms with Crippen LogP contribution in [-0.2, 0) is 9.53 Å². The lowest BCUT2D eigenvalue weighted by Gasteiger charge is -2.10. The standard InChI is InChI=1S/C11H18O2/c1-5-9(4)11(12)13-8-10(6-2)7-3/h6,10H,2,4-5,7-8H2,1,3H3. The maximum atomic E-state index is 11.2. The SMILES string of the molecule is C=CC(CC)COC(=O)C(=C)CC. The van der Waals surface area contributed by atoms with Crippen molar-refractivity contribution in [3.8, 4) is 0 Å². The second-order valence-electron chi connectivity index (χ2n) is 2.96. The van der Waals surface area contributed by atoms with Crippen molar-refractivity contribution in [1.29, 1.82) is 0 Å². The molecule has 0 aliphatic carbocycles. The summed E-state index contributed by atoms with van der Waals surface area (Å²) < 4.78 is 5.03. The van der Waals surface area contributed by atoms with Crippen LogP contribution in [0.15, 0.2) is 24.8 Å². The predicted octanol–water partition coefficient (Wildman–Crippen LogP) is 2.71. The van der Waals surface area contributed by atoms with Crippen molar-refractivity contribution in [2.75, 3.05) is 6.61 Å². The van der Waals surface area contributed by atoms with Crippen LogP contribution < -0.4 is 0 Å². The van der Waals surface area contributed by atoms with Gasteiger partial charge in [0.25, 0.3) is 0 Å². The molecule has 0 N–H and O–H groups in total. The number of esters is 1. The Labute approximate surface area is 80.3 Å².